The van der Waals surface area contributed by atoms with Crippen molar-refractivity contribution in [2.75, 3.05) is 18.9 Å². The molecule has 1 aromatic heterocycles. The number of aromatic amines is 1. The third-order valence-corrected chi connectivity index (χ3v) is 7.67. The van der Waals surface area contributed by atoms with Crippen LogP contribution < -0.4 is 5.32 Å². The van der Waals surface area contributed by atoms with Gasteiger partial charge in [0.15, 0.2) is 11.6 Å². The Labute approximate surface area is 222 Å². The van der Waals surface area contributed by atoms with Crippen LogP contribution in [0.5, 0.6) is 0 Å². The maximum absolute atomic E-state index is 14.3. The highest BCUT2D eigenvalue weighted by molar-refractivity contribution is 6.07. The molecule has 3 heterocycles. The van der Waals surface area contributed by atoms with Gasteiger partial charge in [0.25, 0.3) is 5.91 Å². The second-order valence-corrected chi connectivity index (χ2v) is 10.6. The maximum Gasteiger partial charge on any atom is 0.270 e. The molecule has 3 atom stereocenters. The maximum atomic E-state index is 14.3. The minimum Gasteiger partial charge on any atom is -0.348 e. The summed E-state index contributed by atoms with van der Waals surface area (Å²) in [5.74, 6) is -5.35. The predicted molar refractivity (Wildman–Crippen MR) is 136 cm³/mol. The van der Waals surface area contributed by atoms with Crippen LogP contribution in [0.25, 0.3) is 10.9 Å². The lowest BCUT2D eigenvalue weighted by atomic mass is 9.80. The monoisotopic (exact) mass is 537 g/mol. The second-order valence-electron chi connectivity index (χ2n) is 10.6. The molecule has 5 rings (SSSR count). The lowest BCUT2D eigenvalue weighted by molar-refractivity contribution is -0.136. The molecule has 11 heteroatoms. The summed E-state index contributed by atoms with van der Waals surface area (Å²) in [6, 6.07) is 8.80. The lowest BCUT2D eigenvalue weighted by Gasteiger charge is -2.33. The van der Waals surface area contributed by atoms with Gasteiger partial charge in [0.2, 0.25) is 11.8 Å². The minimum absolute atomic E-state index is 0.0361. The smallest absolute Gasteiger partial charge is 0.270 e. The fraction of sp³-hybridized carbons (Fsp3) is 0.357. The number of nitrogens with zero attached hydrogens (tertiary/aromatic N) is 3. The van der Waals surface area contributed by atoms with Gasteiger partial charge in [-0.1, -0.05) is 32.0 Å². The summed E-state index contributed by atoms with van der Waals surface area (Å²) in [6.07, 6.45) is 0.333. The van der Waals surface area contributed by atoms with Crippen LogP contribution in [0.4, 0.5) is 18.9 Å². The molecular weight excluding hydrogens is 511 g/mol. The van der Waals surface area contributed by atoms with E-state index in [1.165, 1.54) is 11.9 Å². The Balaban J connectivity index is 1.48. The van der Waals surface area contributed by atoms with Gasteiger partial charge in [-0.15, -0.1) is 0 Å². The van der Waals surface area contributed by atoms with Crippen LogP contribution in [0.15, 0.2) is 36.4 Å². The Morgan fingerprint density at radius 3 is 2.62 bits per heavy atom. The van der Waals surface area contributed by atoms with Crippen LogP contribution >= 0.6 is 0 Å². The first-order valence-corrected chi connectivity index (χ1v) is 12.5. The van der Waals surface area contributed by atoms with Crippen LogP contribution in [0.2, 0.25) is 0 Å². The number of anilines is 1. The second kappa shape index (κ2) is 9.45. The Bertz CT molecular complexity index is 1560. The standard InChI is InChI=1S/C28H26F3N5O3/c1-14(2)8-22(35(3)25(37)21-9-16-18(29)10-19(30)23(31)24(16)33-21)26(38)36-13-28(11-15(36)12-32)17-6-4-5-7-20(17)34-27(28)39/h4-7,9-10,14-15,22,33H,8,11,13H2,1-3H3,(H,34,39)/t15-,22?,28-/m0/s1. The number of likely N-dealkylation sites (tertiary alicyclic amines) is 1. The van der Waals surface area contributed by atoms with Crippen LogP contribution in [0.3, 0.4) is 0 Å². The van der Waals surface area contributed by atoms with E-state index in [-0.39, 0.29) is 42.3 Å². The van der Waals surface area contributed by atoms with Gasteiger partial charge in [-0.2, -0.15) is 5.26 Å². The van der Waals surface area contributed by atoms with E-state index in [9.17, 15) is 32.8 Å². The SMILES string of the molecule is CC(C)CC(C(=O)N1C[C@]2(C[C@H]1C#N)C(=O)Nc1ccccc12)N(C)C(=O)c1cc2c(F)cc(F)c(F)c2[nH]1. The quantitative estimate of drug-likeness (QED) is 0.478. The van der Waals surface area contributed by atoms with E-state index in [0.29, 0.717) is 17.3 Å². The zero-order valence-electron chi connectivity index (χ0n) is 21.5. The van der Waals surface area contributed by atoms with E-state index < -0.39 is 52.3 Å². The van der Waals surface area contributed by atoms with Crippen molar-refractivity contribution in [1.82, 2.24) is 14.8 Å². The molecule has 8 nitrogen and oxygen atoms in total. The number of H-pyrrole nitrogens is 1. The van der Waals surface area contributed by atoms with Crippen LogP contribution in [0, 0.1) is 34.7 Å². The largest absolute Gasteiger partial charge is 0.348 e. The van der Waals surface area contributed by atoms with Gasteiger partial charge < -0.3 is 20.1 Å². The van der Waals surface area contributed by atoms with Gasteiger partial charge in [0.05, 0.1) is 17.0 Å². The molecule has 1 unspecified atom stereocenters. The highest BCUT2D eigenvalue weighted by atomic mass is 19.2. The first-order valence-electron chi connectivity index (χ1n) is 12.5. The zero-order chi connectivity index (χ0) is 28.2. The molecule has 2 aromatic carbocycles. The summed E-state index contributed by atoms with van der Waals surface area (Å²) < 4.78 is 42.2. The molecule has 1 saturated heterocycles. The Morgan fingerprint density at radius 1 is 1.21 bits per heavy atom. The van der Waals surface area contributed by atoms with Crippen molar-refractivity contribution in [3.05, 3.63) is 65.1 Å². The molecule has 0 radical (unpaired) electrons. The van der Waals surface area contributed by atoms with Gasteiger partial charge in [0.1, 0.15) is 23.6 Å². The molecule has 1 spiro atoms. The Kier molecular flexibility index (Phi) is 6.37. The molecule has 3 amide bonds. The zero-order valence-corrected chi connectivity index (χ0v) is 21.5. The van der Waals surface area contributed by atoms with Crippen molar-refractivity contribution in [3.8, 4) is 6.07 Å². The van der Waals surface area contributed by atoms with Crippen LogP contribution in [0.1, 0.15) is 42.7 Å². The number of amides is 3. The molecule has 0 saturated carbocycles. The molecule has 1 fully saturated rings. The summed E-state index contributed by atoms with van der Waals surface area (Å²) >= 11 is 0. The first kappa shape index (κ1) is 26.3. The van der Waals surface area contributed by atoms with Crippen molar-refractivity contribution in [2.45, 2.75) is 44.2 Å². The summed E-state index contributed by atoms with van der Waals surface area (Å²) in [4.78, 5) is 45.5. The summed E-state index contributed by atoms with van der Waals surface area (Å²) in [7, 11) is 1.39. The molecule has 0 aliphatic carbocycles. The summed E-state index contributed by atoms with van der Waals surface area (Å²) in [5, 5.41) is 12.5. The first-order chi connectivity index (χ1) is 18.5. The van der Waals surface area contributed by atoms with Gasteiger partial charge in [-0.3, -0.25) is 14.4 Å². The fourth-order valence-electron chi connectivity index (χ4n) is 5.68. The average molecular weight is 538 g/mol. The number of nitriles is 1. The number of halogens is 3. The molecule has 2 aliphatic rings. The lowest BCUT2D eigenvalue weighted by Crippen LogP contribution is -2.52. The number of hydrogen-bond acceptors (Lipinski definition) is 4. The minimum atomic E-state index is -1.40. The number of carbonyl (C=O) groups is 3. The molecule has 202 valence electrons. The molecular formula is C28H26F3N5O3. The highest BCUT2D eigenvalue weighted by Gasteiger charge is 2.56. The molecule has 2 N–H and O–H groups in total. The Morgan fingerprint density at radius 2 is 1.92 bits per heavy atom. The number of likely N-dealkylation sites (N-methyl/N-ethyl adjacent to an activating group) is 1. The Hall–Kier alpha value is -4.33. The van der Waals surface area contributed by atoms with Crippen molar-refractivity contribution in [3.63, 3.8) is 0 Å². The molecule has 3 aromatic rings. The normalized spacial score (nSPS) is 20.8. The van der Waals surface area contributed by atoms with E-state index in [1.807, 2.05) is 13.8 Å². The molecule has 39 heavy (non-hydrogen) atoms. The van der Waals surface area contributed by atoms with Crippen molar-refractivity contribution in [1.29, 1.82) is 5.26 Å². The summed E-state index contributed by atoms with van der Waals surface area (Å²) in [6.45, 7) is 3.69. The molecule has 2 aliphatic heterocycles. The third kappa shape index (κ3) is 4.11. The number of aromatic nitrogens is 1. The van der Waals surface area contributed by atoms with Crippen LogP contribution in [-0.4, -0.2) is 58.2 Å². The number of para-hydroxylation sites is 1. The van der Waals surface area contributed by atoms with E-state index >= 15 is 0 Å². The fourth-order valence-corrected chi connectivity index (χ4v) is 5.68. The highest BCUT2D eigenvalue weighted by Crippen LogP contribution is 2.46. The van der Waals surface area contributed by atoms with Crippen molar-refractivity contribution < 1.29 is 27.6 Å². The van der Waals surface area contributed by atoms with Gasteiger partial charge >= 0.3 is 0 Å². The number of hydrogen-bond donors (Lipinski definition) is 2. The van der Waals surface area contributed by atoms with E-state index in [2.05, 4.69) is 16.4 Å². The van der Waals surface area contributed by atoms with E-state index in [1.54, 1.807) is 24.3 Å². The molecule has 0 bridgehead atoms. The van der Waals surface area contributed by atoms with Gasteiger partial charge in [-0.05, 0) is 30.0 Å². The average Bonchev–Trinajstić information content (AvgIpc) is 3.60. The third-order valence-electron chi connectivity index (χ3n) is 7.67. The number of benzene rings is 2. The number of carbonyl (C=O) groups excluding carboxylic acids is 3. The van der Waals surface area contributed by atoms with Crippen LogP contribution in [-0.2, 0) is 15.0 Å². The number of nitrogens with one attached hydrogen (secondary N) is 2. The number of fused-ring (bicyclic) bond motifs is 3. The topological polar surface area (TPSA) is 109 Å². The van der Waals surface area contributed by atoms with Crippen molar-refractivity contribution in [2.24, 2.45) is 5.92 Å². The number of rotatable bonds is 5. The van der Waals surface area contributed by atoms with E-state index in [0.717, 1.165) is 11.0 Å². The summed E-state index contributed by atoms with van der Waals surface area (Å²) in [5.41, 5.74) is -0.461. The van der Waals surface area contributed by atoms with Crippen molar-refractivity contribution >= 4 is 34.3 Å². The van der Waals surface area contributed by atoms with Gasteiger partial charge in [0, 0.05) is 37.2 Å². The van der Waals surface area contributed by atoms with E-state index in [4.69, 9.17) is 0 Å². The van der Waals surface area contributed by atoms with Gasteiger partial charge in [-0.25, -0.2) is 13.2 Å². The predicted octanol–water partition coefficient (Wildman–Crippen LogP) is 4.09.